The molecule has 2 heteroatoms. The van der Waals surface area contributed by atoms with Gasteiger partial charge in [-0.1, -0.05) is 51.5 Å². The Balaban J connectivity index is 2.03. The Morgan fingerprint density at radius 1 is 1.18 bits per heavy atom. The number of pyridine rings is 1. The predicted octanol–water partition coefficient (Wildman–Crippen LogP) is 3.74. The Bertz CT molecular complexity index is 274. The van der Waals surface area contributed by atoms with Crippen molar-refractivity contribution in [3.05, 3.63) is 30.1 Å². The molecule has 0 bridgehead atoms. The number of rotatable bonds is 9. The first-order valence-electron chi connectivity index (χ1n) is 6.90. The van der Waals surface area contributed by atoms with Gasteiger partial charge in [-0.05, 0) is 24.5 Å². The molecule has 0 saturated heterocycles. The van der Waals surface area contributed by atoms with Gasteiger partial charge in [0.2, 0.25) is 0 Å². The van der Waals surface area contributed by atoms with E-state index < -0.39 is 0 Å². The van der Waals surface area contributed by atoms with Crippen LogP contribution in [0.4, 0.5) is 0 Å². The highest BCUT2D eigenvalue weighted by Gasteiger charge is 2.05. The summed E-state index contributed by atoms with van der Waals surface area (Å²) in [5, 5.41) is 9.88. The van der Waals surface area contributed by atoms with Gasteiger partial charge in [0.1, 0.15) is 0 Å². The molecule has 2 nitrogen and oxygen atoms in total. The molecule has 1 atom stereocenters. The van der Waals surface area contributed by atoms with E-state index in [4.69, 9.17) is 0 Å². The molecular formula is C15H25NO. The number of hydrogen-bond acceptors (Lipinski definition) is 2. The van der Waals surface area contributed by atoms with Crippen LogP contribution in [-0.2, 0) is 6.42 Å². The average Bonchev–Trinajstić information content (AvgIpc) is 2.35. The van der Waals surface area contributed by atoms with Crippen LogP contribution in [-0.4, -0.2) is 16.2 Å². The van der Waals surface area contributed by atoms with Gasteiger partial charge in [-0.15, -0.1) is 0 Å². The highest BCUT2D eigenvalue weighted by atomic mass is 16.3. The van der Waals surface area contributed by atoms with E-state index in [0.29, 0.717) is 0 Å². The summed E-state index contributed by atoms with van der Waals surface area (Å²) in [5.41, 5.74) is 1.13. The molecule has 0 aliphatic carbocycles. The van der Waals surface area contributed by atoms with Crippen molar-refractivity contribution in [2.24, 2.45) is 0 Å². The molecule has 1 heterocycles. The van der Waals surface area contributed by atoms with Crippen LogP contribution in [0.2, 0.25) is 0 Å². The van der Waals surface area contributed by atoms with Crippen LogP contribution in [0.25, 0.3) is 0 Å². The van der Waals surface area contributed by atoms with E-state index >= 15 is 0 Å². The highest BCUT2D eigenvalue weighted by Crippen LogP contribution is 2.11. The molecule has 1 aromatic heterocycles. The summed E-state index contributed by atoms with van der Waals surface area (Å²) in [5.74, 6) is 0. The Kier molecular flexibility index (Phi) is 7.65. The fourth-order valence-corrected chi connectivity index (χ4v) is 2.05. The second-order valence-corrected chi connectivity index (χ2v) is 4.78. The minimum absolute atomic E-state index is 0.203. The van der Waals surface area contributed by atoms with Crippen molar-refractivity contribution in [3.63, 3.8) is 0 Å². The summed E-state index contributed by atoms with van der Waals surface area (Å²) in [6, 6.07) is 3.95. The Labute approximate surface area is 105 Å². The molecule has 0 amide bonds. The molecule has 0 fully saturated rings. The SMILES string of the molecule is CCCCCCCCC(O)Cc1cccnc1. The lowest BCUT2D eigenvalue weighted by molar-refractivity contribution is 0.161. The van der Waals surface area contributed by atoms with Crippen molar-refractivity contribution in [1.29, 1.82) is 0 Å². The van der Waals surface area contributed by atoms with E-state index in [1.807, 2.05) is 18.3 Å². The summed E-state index contributed by atoms with van der Waals surface area (Å²) < 4.78 is 0. The second kappa shape index (κ2) is 9.17. The zero-order chi connectivity index (χ0) is 12.3. The van der Waals surface area contributed by atoms with Gasteiger partial charge in [0.15, 0.2) is 0 Å². The van der Waals surface area contributed by atoms with Gasteiger partial charge in [-0.25, -0.2) is 0 Å². The van der Waals surface area contributed by atoms with Crippen molar-refractivity contribution >= 4 is 0 Å². The van der Waals surface area contributed by atoms with E-state index in [1.54, 1.807) is 6.20 Å². The molecule has 96 valence electrons. The molecule has 1 unspecified atom stereocenters. The van der Waals surface area contributed by atoms with E-state index in [1.165, 1.54) is 32.1 Å². The van der Waals surface area contributed by atoms with Gasteiger partial charge < -0.3 is 5.11 Å². The lowest BCUT2D eigenvalue weighted by atomic mass is 10.0. The van der Waals surface area contributed by atoms with Gasteiger partial charge >= 0.3 is 0 Å². The van der Waals surface area contributed by atoms with Crippen molar-refractivity contribution in [1.82, 2.24) is 4.98 Å². The molecule has 0 radical (unpaired) electrons. The van der Waals surface area contributed by atoms with Crippen LogP contribution >= 0.6 is 0 Å². The molecule has 17 heavy (non-hydrogen) atoms. The molecule has 1 aromatic rings. The smallest absolute Gasteiger partial charge is 0.0581 e. The standard InChI is InChI=1S/C15H25NO/c1-2-3-4-5-6-7-10-15(17)12-14-9-8-11-16-13-14/h8-9,11,13,15,17H,2-7,10,12H2,1H3. The maximum atomic E-state index is 9.88. The fourth-order valence-electron chi connectivity index (χ4n) is 2.05. The van der Waals surface area contributed by atoms with E-state index in [-0.39, 0.29) is 6.10 Å². The van der Waals surface area contributed by atoms with Gasteiger partial charge in [0.05, 0.1) is 6.10 Å². The monoisotopic (exact) mass is 235 g/mol. The number of unbranched alkanes of at least 4 members (excludes halogenated alkanes) is 5. The van der Waals surface area contributed by atoms with Crippen molar-refractivity contribution in [2.75, 3.05) is 0 Å². The molecule has 0 aliphatic heterocycles. The molecule has 1 N–H and O–H groups in total. The third-order valence-electron chi connectivity index (χ3n) is 3.09. The first-order valence-corrected chi connectivity index (χ1v) is 6.90. The quantitative estimate of drug-likeness (QED) is 0.661. The molecule has 0 aromatic carbocycles. The lowest BCUT2D eigenvalue weighted by Gasteiger charge is -2.10. The number of aliphatic hydroxyl groups is 1. The summed E-state index contributed by atoms with van der Waals surface area (Å²) in [6.07, 6.45) is 12.8. The lowest BCUT2D eigenvalue weighted by Crippen LogP contribution is -2.10. The molecule has 1 rings (SSSR count). The Morgan fingerprint density at radius 3 is 2.65 bits per heavy atom. The number of aromatic nitrogens is 1. The maximum absolute atomic E-state index is 9.88. The van der Waals surface area contributed by atoms with Crippen LogP contribution < -0.4 is 0 Å². The van der Waals surface area contributed by atoms with E-state index in [9.17, 15) is 5.11 Å². The largest absolute Gasteiger partial charge is 0.393 e. The molecular weight excluding hydrogens is 210 g/mol. The highest BCUT2D eigenvalue weighted by molar-refractivity contribution is 5.09. The second-order valence-electron chi connectivity index (χ2n) is 4.78. The summed E-state index contributed by atoms with van der Waals surface area (Å²) in [4.78, 5) is 4.06. The van der Waals surface area contributed by atoms with Crippen LogP contribution in [0.3, 0.4) is 0 Å². The Morgan fingerprint density at radius 2 is 1.94 bits per heavy atom. The van der Waals surface area contributed by atoms with Crippen molar-refractivity contribution < 1.29 is 5.11 Å². The Hall–Kier alpha value is -0.890. The maximum Gasteiger partial charge on any atom is 0.0581 e. The number of aliphatic hydroxyl groups excluding tert-OH is 1. The minimum Gasteiger partial charge on any atom is -0.393 e. The van der Waals surface area contributed by atoms with Gasteiger partial charge in [0, 0.05) is 12.4 Å². The van der Waals surface area contributed by atoms with Crippen LogP contribution in [0.5, 0.6) is 0 Å². The van der Waals surface area contributed by atoms with E-state index in [2.05, 4.69) is 11.9 Å². The number of hydrogen-bond donors (Lipinski definition) is 1. The predicted molar refractivity (Wildman–Crippen MR) is 71.9 cm³/mol. The van der Waals surface area contributed by atoms with Gasteiger partial charge in [-0.2, -0.15) is 0 Å². The van der Waals surface area contributed by atoms with E-state index in [0.717, 1.165) is 24.8 Å². The van der Waals surface area contributed by atoms with Crippen LogP contribution in [0, 0.1) is 0 Å². The molecule has 0 aliphatic rings. The van der Waals surface area contributed by atoms with Gasteiger partial charge in [-0.3, -0.25) is 4.98 Å². The average molecular weight is 235 g/mol. The van der Waals surface area contributed by atoms with Crippen molar-refractivity contribution in [2.45, 2.75) is 64.4 Å². The third-order valence-corrected chi connectivity index (χ3v) is 3.09. The first kappa shape index (κ1) is 14.2. The summed E-state index contributed by atoms with van der Waals surface area (Å²) in [7, 11) is 0. The third kappa shape index (κ3) is 7.11. The van der Waals surface area contributed by atoms with Gasteiger partial charge in [0.25, 0.3) is 0 Å². The van der Waals surface area contributed by atoms with Crippen LogP contribution in [0.15, 0.2) is 24.5 Å². The minimum atomic E-state index is -0.203. The fraction of sp³-hybridized carbons (Fsp3) is 0.667. The normalized spacial score (nSPS) is 12.6. The summed E-state index contributed by atoms with van der Waals surface area (Å²) >= 11 is 0. The van der Waals surface area contributed by atoms with Crippen molar-refractivity contribution in [3.8, 4) is 0 Å². The number of nitrogens with zero attached hydrogens (tertiary/aromatic N) is 1. The van der Waals surface area contributed by atoms with Crippen LogP contribution in [0.1, 0.15) is 57.4 Å². The molecule has 0 saturated carbocycles. The summed E-state index contributed by atoms with van der Waals surface area (Å²) in [6.45, 7) is 2.23. The first-order chi connectivity index (χ1) is 8.33. The molecule has 0 spiro atoms. The zero-order valence-electron chi connectivity index (χ0n) is 10.9. The topological polar surface area (TPSA) is 33.1 Å². The zero-order valence-corrected chi connectivity index (χ0v) is 10.9.